The van der Waals surface area contributed by atoms with E-state index in [1.54, 1.807) is 14.2 Å². The Bertz CT molecular complexity index is 1270. The molecule has 0 radical (unpaired) electrons. The number of aliphatic hydroxyl groups is 1. The highest BCUT2D eigenvalue weighted by molar-refractivity contribution is 7.80. The van der Waals surface area contributed by atoms with Gasteiger partial charge < -0.3 is 34.3 Å². The zero-order valence-corrected chi connectivity index (χ0v) is 23.6. The van der Waals surface area contributed by atoms with Crippen LogP contribution in [-0.4, -0.2) is 66.8 Å². The quantitative estimate of drug-likeness (QED) is 0.301. The van der Waals surface area contributed by atoms with Crippen molar-refractivity contribution in [1.82, 2.24) is 10.2 Å². The van der Waals surface area contributed by atoms with Gasteiger partial charge in [0.15, 0.2) is 5.11 Å². The Morgan fingerprint density at radius 2 is 1.50 bits per heavy atom. The first-order valence-electron chi connectivity index (χ1n) is 13.3. The Morgan fingerprint density at radius 3 is 2.05 bits per heavy atom. The molecule has 2 fully saturated rings. The van der Waals surface area contributed by atoms with E-state index in [2.05, 4.69) is 5.32 Å². The molecule has 2 aliphatic heterocycles. The molecule has 210 valence electrons. The fourth-order valence-corrected chi connectivity index (χ4v) is 5.64. The van der Waals surface area contributed by atoms with Gasteiger partial charge in [0.1, 0.15) is 29.4 Å². The fourth-order valence-electron chi connectivity index (χ4n) is 5.35. The smallest absolute Gasteiger partial charge is 0.230 e. The van der Waals surface area contributed by atoms with Gasteiger partial charge in [-0.05, 0) is 53.2 Å². The van der Waals surface area contributed by atoms with Crippen molar-refractivity contribution in [2.75, 3.05) is 27.4 Å². The lowest BCUT2D eigenvalue weighted by atomic mass is 9.80. The van der Waals surface area contributed by atoms with Crippen LogP contribution in [0, 0.1) is 5.92 Å². The van der Waals surface area contributed by atoms with E-state index < -0.39 is 24.0 Å². The number of carbonyl (C=O) groups excluding carboxylic acids is 1. The van der Waals surface area contributed by atoms with Crippen LogP contribution in [0.25, 0.3) is 0 Å². The summed E-state index contributed by atoms with van der Waals surface area (Å²) in [4.78, 5) is 13.9. The van der Waals surface area contributed by atoms with Crippen LogP contribution < -0.4 is 14.8 Å². The highest BCUT2D eigenvalue weighted by Gasteiger charge is 2.44. The largest absolute Gasteiger partial charge is 0.497 e. The maximum absolute atomic E-state index is 12.0. The third-order valence-electron chi connectivity index (χ3n) is 7.60. The molecule has 2 saturated heterocycles. The molecule has 0 spiro atoms. The first kappa shape index (κ1) is 28.0. The molecule has 0 aliphatic carbocycles. The molecule has 4 unspecified atom stereocenters. The van der Waals surface area contributed by atoms with Gasteiger partial charge in [-0.1, -0.05) is 61.5 Å². The number of aliphatic hydroxyl groups excluding tert-OH is 1. The molecule has 2 aliphatic rings. The Morgan fingerprint density at radius 1 is 0.950 bits per heavy atom. The molecule has 5 rings (SSSR count). The minimum absolute atomic E-state index is 0.104. The molecule has 4 atom stereocenters. The second-order valence-corrected chi connectivity index (χ2v) is 10.5. The van der Waals surface area contributed by atoms with Crippen molar-refractivity contribution >= 4 is 23.2 Å². The number of ether oxygens (including phenoxy) is 4. The molecule has 40 heavy (non-hydrogen) atoms. The van der Waals surface area contributed by atoms with Crippen LogP contribution >= 0.6 is 12.2 Å². The van der Waals surface area contributed by atoms with Crippen LogP contribution in [0.3, 0.4) is 0 Å². The molecule has 0 aromatic heterocycles. The summed E-state index contributed by atoms with van der Waals surface area (Å²) in [6.45, 7) is 2.38. The number of benzene rings is 3. The first-order chi connectivity index (χ1) is 19.3. The summed E-state index contributed by atoms with van der Waals surface area (Å²) in [5, 5.41) is 14.1. The number of amides is 1. The molecule has 8 nitrogen and oxygen atoms in total. The van der Waals surface area contributed by atoms with Crippen LogP contribution in [0.1, 0.15) is 30.0 Å². The molecule has 3 aromatic carbocycles. The lowest BCUT2D eigenvalue weighted by molar-refractivity contribution is -0.128. The van der Waals surface area contributed by atoms with Gasteiger partial charge in [0.2, 0.25) is 5.91 Å². The topological polar surface area (TPSA) is 89.5 Å². The molecule has 0 bridgehead atoms. The van der Waals surface area contributed by atoms with Gasteiger partial charge in [-0.25, -0.2) is 0 Å². The zero-order valence-electron chi connectivity index (χ0n) is 22.8. The summed E-state index contributed by atoms with van der Waals surface area (Å²) in [7, 11) is 3.27. The maximum Gasteiger partial charge on any atom is 0.230 e. The Labute approximate surface area is 239 Å². The lowest BCUT2D eigenvalue weighted by Gasteiger charge is -2.38. The molecule has 9 heteroatoms. The highest BCUT2D eigenvalue weighted by Crippen LogP contribution is 2.42. The standard InChI is InChI=1S/C31H34N2O6S/c1-20-18-33(30(40)32-29(20)35)28-17-26(34)27(39-28)19-38-31(21-7-5-4-6-8-21,22-9-13-24(36-2)14-10-22)23-11-15-25(37-3)16-12-23/h4-16,20,26-28,34H,17-19H2,1-3H3,(H,32,35,40). The van der Waals surface area contributed by atoms with Gasteiger partial charge in [-0.2, -0.15) is 0 Å². The fraction of sp³-hybridized carbons (Fsp3) is 0.355. The van der Waals surface area contributed by atoms with Gasteiger partial charge in [0, 0.05) is 13.0 Å². The molecular formula is C31H34N2O6S. The summed E-state index contributed by atoms with van der Waals surface area (Å²) in [5.41, 5.74) is 1.68. The number of nitrogens with zero attached hydrogens (tertiary/aromatic N) is 1. The highest BCUT2D eigenvalue weighted by atomic mass is 32.1. The van der Waals surface area contributed by atoms with Crippen LogP contribution in [0.15, 0.2) is 78.9 Å². The predicted octanol–water partition coefficient (Wildman–Crippen LogP) is 3.84. The van der Waals surface area contributed by atoms with Crippen molar-refractivity contribution in [3.05, 3.63) is 95.6 Å². The number of hydrogen-bond acceptors (Lipinski definition) is 7. The second kappa shape index (κ2) is 11.9. The maximum atomic E-state index is 12.0. The second-order valence-electron chi connectivity index (χ2n) is 10.1. The number of carbonyl (C=O) groups is 1. The molecule has 2 heterocycles. The summed E-state index contributed by atoms with van der Waals surface area (Å²) in [6.07, 6.45) is -1.51. The van der Waals surface area contributed by atoms with Crippen LogP contribution in [-0.2, 0) is 19.9 Å². The van der Waals surface area contributed by atoms with E-state index in [-0.39, 0.29) is 18.4 Å². The van der Waals surface area contributed by atoms with Gasteiger partial charge >= 0.3 is 0 Å². The SMILES string of the molecule is COc1ccc(C(OCC2OC(N3CC(C)C(=O)NC3=S)CC2O)(c2ccccc2)c2ccc(OC)cc2)cc1. The number of rotatable bonds is 9. The Kier molecular flexibility index (Phi) is 8.37. The lowest BCUT2D eigenvalue weighted by Crippen LogP contribution is -2.57. The van der Waals surface area contributed by atoms with Crippen molar-refractivity contribution in [2.45, 2.75) is 37.4 Å². The number of nitrogens with one attached hydrogen (secondary N) is 1. The normalized spacial score (nSPS) is 23.1. The minimum Gasteiger partial charge on any atom is -0.497 e. The van der Waals surface area contributed by atoms with Gasteiger partial charge in [0.05, 0.1) is 32.8 Å². The van der Waals surface area contributed by atoms with Gasteiger partial charge in [-0.15, -0.1) is 0 Å². The van der Waals surface area contributed by atoms with E-state index in [4.69, 9.17) is 31.2 Å². The molecular weight excluding hydrogens is 528 g/mol. The third kappa shape index (κ3) is 5.42. The van der Waals surface area contributed by atoms with E-state index in [9.17, 15) is 9.90 Å². The average molecular weight is 563 g/mol. The Hall–Kier alpha value is -3.50. The predicted molar refractivity (Wildman–Crippen MR) is 154 cm³/mol. The Balaban J connectivity index is 1.49. The summed E-state index contributed by atoms with van der Waals surface area (Å²) in [5.74, 6) is 1.12. The average Bonchev–Trinajstić information content (AvgIpc) is 3.36. The van der Waals surface area contributed by atoms with Crippen LogP contribution in [0.5, 0.6) is 11.5 Å². The monoisotopic (exact) mass is 562 g/mol. The molecule has 3 aromatic rings. The third-order valence-corrected chi connectivity index (χ3v) is 7.94. The van der Waals surface area contributed by atoms with Crippen molar-refractivity contribution in [3.8, 4) is 11.5 Å². The van der Waals surface area contributed by atoms with Crippen LogP contribution in [0.4, 0.5) is 0 Å². The van der Waals surface area contributed by atoms with E-state index in [1.165, 1.54) is 0 Å². The van der Waals surface area contributed by atoms with Gasteiger partial charge in [-0.3, -0.25) is 4.79 Å². The van der Waals surface area contributed by atoms with E-state index in [0.717, 1.165) is 28.2 Å². The molecule has 1 amide bonds. The summed E-state index contributed by atoms with van der Waals surface area (Å²) in [6, 6.07) is 25.5. The van der Waals surface area contributed by atoms with Crippen LogP contribution in [0.2, 0.25) is 0 Å². The van der Waals surface area contributed by atoms with Gasteiger partial charge in [0.25, 0.3) is 0 Å². The molecule has 2 N–H and O–H groups in total. The van der Waals surface area contributed by atoms with Crippen molar-refractivity contribution in [2.24, 2.45) is 5.92 Å². The molecule has 0 saturated carbocycles. The van der Waals surface area contributed by atoms with Crippen molar-refractivity contribution < 1.29 is 28.8 Å². The summed E-state index contributed by atoms with van der Waals surface area (Å²) >= 11 is 5.41. The van der Waals surface area contributed by atoms with E-state index >= 15 is 0 Å². The zero-order chi connectivity index (χ0) is 28.3. The first-order valence-corrected chi connectivity index (χ1v) is 13.7. The number of hydrogen-bond donors (Lipinski definition) is 2. The number of methoxy groups -OCH3 is 2. The van der Waals surface area contributed by atoms with Crippen molar-refractivity contribution in [1.29, 1.82) is 0 Å². The number of thiocarbonyl (C=S) groups is 1. The van der Waals surface area contributed by atoms with Crippen molar-refractivity contribution in [3.63, 3.8) is 0 Å². The minimum atomic E-state index is -1.02. The summed E-state index contributed by atoms with van der Waals surface area (Å²) < 4.78 is 24.1. The van der Waals surface area contributed by atoms with E-state index in [1.807, 2.05) is 90.7 Å². The van der Waals surface area contributed by atoms with E-state index in [0.29, 0.717) is 18.1 Å².